The topological polar surface area (TPSA) is 144 Å². The van der Waals surface area contributed by atoms with Gasteiger partial charge >= 0.3 is 5.97 Å². The first-order valence-corrected chi connectivity index (χ1v) is 7.20. The van der Waals surface area contributed by atoms with Gasteiger partial charge in [-0.3, -0.25) is 0 Å². The summed E-state index contributed by atoms with van der Waals surface area (Å²) in [6, 6.07) is 0. The first-order chi connectivity index (χ1) is 11.2. The van der Waals surface area contributed by atoms with Gasteiger partial charge in [-0.25, -0.2) is 4.79 Å². The van der Waals surface area contributed by atoms with Gasteiger partial charge in [0.1, 0.15) is 6.10 Å². The van der Waals surface area contributed by atoms with Gasteiger partial charge in [0.15, 0.2) is 17.3 Å². The van der Waals surface area contributed by atoms with Crippen LogP contribution in [0.1, 0.15) is 0 Å². The van der Waals surface area contributed by atoms with E-state index >= 15 is 0 Å². The van der Waals surface area contributed by atoms with Crippen LogP contribution in [0.5, 0.6) is 0 Å². The average molecular weight is 354 g/mol. The maximum Gasteiger partial charge on any atom is 0.344 e. The molecule has 1 saturated heterocycles. The predicted molar refractivity (Wildman–Crippen MR) is 78.2 cm³/mol. The Morgan fingerprint density at radius 3 is 2.00 bits per heavy atom. The summed E-state index contributed by atoms with van der Waals surface area (Å²) in [7, 11) is 4.93. The Morgan fingerprint density at radius 1 is 1.00 bits per heavy atom. The van der Waals surface area contributed by atoms with E-state index in [2.05, 4.69) is 0 Å². The van der Waals surface area contributed by atoms with Gasteiger partial charge in [-0.1, -0.05) is 0 Å². The molecule has 0 aromatic carbocycles. The highest BCUT2D eigenvalue weighted by atomic mass is 16.6. The molecule has 1 rings (SSSR count). The lowest BCUT2D eigenvalue weighted by Crippen LogP contribution is -2.84. The lowest BCUT2D eigenvalue weighted by Gasteiger charge is -2.56. The van der Waals surface area contributed by atoms with E-state index in [1.165, 1.54) is 28.4 Å². The van der Waals surface area contributed by atoms with Crippen LogP contribution in [0.15, 0.2) is 0 Å². The first kappa shape index (κ1) is 21.2. The van der Waals surface area contributed by atoms with Crippen LogP contribution >= 0.6 is 0 Å². The zero-order valence-corrected chi connectivity index (χ0v) is 14.2. The van der Waals surface area contributed by atoms with Crippen molar-refractivity contribution in [3.05, 3.63) is 0 Å². The molecule has 142 valence electrons. The Bertz CT molecular complexity index is 432. The third-order valence-electron chi connectivity index (χ3n) is 4.20. The molecule has 4 N–H and O–H groups in total. The van der Waals surface area contributed by atoms with Crippen LogP contribution in [0.25, 0.3) is 0 Å². The fraction of sp³-hybridized carbons (Fsp3) is 0.929. The summed E-state index contributed by atoms with van der Waals surface area (Å²) in [5, 5.41) is 43.1. The van der Waals surface area contributed by atoms with Crippen LogP contribution in [0.3, 0.4) is 0 Å². The van der Waals surface area contributed by atoms with E-state index < -0.39 is 54.8 Å². The van der Waals surface area contributed by atoms with Crippen molar-refractivity contribution < 1.29 is 48.9 Å². The second kappa shape index (κ2) is 8.02. The van der Waals surface area contributed by atoms with Crippen LogP contribution in [0, 0.1) is 0 Å². The molecular formula is C14H26O10. The third kappa shape index (κ3) is 3.16. The minimum atomic E-state index is -2.64. The van der Waals surface area contributed by atoms with E-state index in [0.717, 1.165) is 0 Å². The normalized spacial score (nSPS) is 38.0. The third-order valence-corrected chi connectivity index (χ3v) is 4.20. The van der Waals surface area contributed by atoms with Crippen molar-refractivity contribution in [3.63, 3.8) is 0 Å². The molecule has 0 aromatic rings. The molecule has 1 fully saturated rings. The van der Waals surface area contributed by atoms with Gasteiger partial charge in [0.05, 0.1) is 26.4 Å². The number of ether oxygens (including phenoxy) is 5. The molecule has 0 aliphatic carbocycles. The van der Waals surface area contributed by atoms with Gasteiger partial charge in [0.25, 0.3) is 0 Å². The second-order valence-electron chi connectivity index (χ2n) is 5.79. The van der Waals surface area contributed by atoms with Crippen LogP contribution in [-0.2, 0) is 28.5 Å². The predicted octanol–water partition coefficient (Wildman–Crippen LogP) is -2.95. The van der Waals surface area contributed by atoms with Gasteiger partial charge in [0, 0.05) is 28.4 Å². The van der Waals surface area contributed by atoms with Gasteiger partial charge in [-0.15, -0.1) is 0 Å². The quantitative estimate of drug-likeness (QED) is 0.317. The summed E-state index contributed by atoms with van der Waals surface area (Å²) in [5.74, 6) is -1.27. The maximum atomic E-state index is 12.3. The first-order valence-electron chi connectivity index (χ1n) is 7.20. The molecule has 0 amide bonds. The number of hydrogen-bond donors (Lipinski definition) is 4. The van der Waals surface area contributed by atoms with E-state index in [4.69, 9.17) is 23.7 Å². The molecule has 0 aromatic heterocycles. The van der Waals surface area contributed by atoms with Crippen LogP contribution < -0.4 is 0 Å². The molecule has 0 radical (unpaired) electrons. The number of hydrogen-bond acceptors (Lipinski definition) is 10. The minimum absolute atomic E-state index is 0.296. The Labute approximate surface area is 139 Å². The fourth-order valence-electron chi connectivity index (χ4n) is 2.99. The molecule has 0 saturated carbocycles. The van der Waals surface area contributed by atoms with Crippen molar-refractivity contribution in [1.82, 2.24) is 0 Å². The van der Waals surface area contributed by atoms with E-state index in [9.17, 15) is 25.2 Å². The summed E-state index contributed by atoms with van der Waals surface area (Å²) in [6.45, 7) is -2.20. The van der Waals surface area contributed by atoms with Crippen molar-refractivity contribution in [2.24, 2.45) is 0 Å². The molecule has 1 unspecified atom stereocenters. The molecule has 1 heterocycles. The zero-order valence-electron chi connectivity index (χ0n) is 14.2. The Kier molecular flexibility index (Phi) is 7.08. The van der Waals surface area contributed by atoms with Crippen molar-refractivity contribution in [1.29, 1.82) is 0 Å². The van der Waals surface area contributed by atoms with Gasteiger partial charge in [-0.05, 0) is 0 Å². The summed E-state index contributed by atoms with van der Waals surface area (Å²) in [5.41, 5.74) is -7.64. The molecule has 10 nitrogen and oxygen atoms in total. The van der Waals surface area contributed by atoms with E-state index in [1.807, 2.05) is 0 Å². The Morgan fingerprint density at radius 2 is 1.54 bits per heavy atom. The molecular weight excluding hydrogens is 328 g/mol. The number of aliphatic hydroxyl groups excluding tert-OH is 1. The number of aliphatic hydroxyl groups is 4. The van der Waals surface area contributed by atoms with Crippen LogP contribution in [-0.4, -0.2) is 110 Å². The van der Waals surface area contributed by atoms with Crippen molar-refractivity contribution in [3.8, 4) is 0 Å². The maximum absolute atomic E-state index is 12.3. The van der Waals surface area contributed by atoms with Crippen molar-refractivity contribution in [2.45, 2.75) is 29.0 Å². The van der Waals surface area contributed by atoms with E-state index in [1.54, 1.807) is 0 Å². The fourth-order valence-corrected chi connectivity index (χ4v) is 2.99. The highest BCUT2D eigenvalue weighted by molar-refractivity contribution is 5.83. The number of methoxy groups -OCH3 is 4. The lowest BCUT2D eigenvalue weighted by molar-refractivity contribution is -0.341. The number of rotatable bonds is 9. The standard InChI is InChI=1S/C14H26O10/c1-20-5-9(15)10-12(17,6-21-2)14(19,8-23-4)13(18,7-22-3)11(16)24-10/h9-10,15,17-19H,5-8H2,1-4H3/t9?,10-,12-,13+,14+/m1/s1. The van der Waals surface area contributed by atoms with Crippen molar-refractivity contribution >= 4 is 5.97 Å². The van der Waals surface area contributed by atoms with Gasteiger partial charge in [-0.2, -0.15) is 0 Å². The molecule has 5 atom stereocenters. The minimum Gasteiger partial charge on any atom is -0.454 e. The molecule has 0 bridgehead atoms. The molecule has 24 heavy (non-hydrogen) atoms. The van der Waals surface area contributed by atoms with Gasteiger partial charge in [0.2, 0.25) is 5.60 Å². The molecule has 1 aliphatic rings. The zero-order chi connectivity index (χ0) is 18.6. The summed E-state index contributed by atoms with van der Waals surface area (Å²) >= 11 is 0. The van der Waals surface area contributed by atoms with Crippen LogP contribution in [0.2, 0.25) is 0 Å². The monoisotopic (exact) mass is 354 g/mol. The largest absolute Gasteiger partial charge is 0.454 e. The number of cyclic esters (lactones) is 1. The summed E-state index contributed by atoms with van der Waals surface area (Å²) in [6.07, 6.45) is -3.13. The van der Waals surface area contributed by atoms with E-state index in [0.29, 0.717) is 0 Å². The van der Waals surface area contributed by atoms with Crippen molar-refractivity contribution in [2.75, 3.05) is 54.9 Å². The van der Waals surface area contributed by atoms with E-state index in [-0.39, 0.29) is 6.61 Å². The Balaban J connectivity index is 3.49. The number of carbonyl (C=O) groups is 1. The lowest BCUT2D eigenvalue weighted by atomic mass is 9.65. The number of carbonyl (C=O) groups excluding carboxylic acids is 1. The Hall–Kier alpha value is -0.850. The second-order valence-corrected chi connectivity index (χ2v) is 5.79. The average Bonchev–Trinajstić information content (AvgIpc) is 2.51. The molecule has 0 spiro atoms. The molecule has 1 aliphatic heterocycles. The highest BCUT2D eigenvalue weighted by Gasteiger charge is 2.74. The smallest absolute Gasteiger partial charge is 0.344 e. The molecule has 10 heteroatoms. The SMILES string of the molecule is COCC(O)[C@H]1OC(=O)[C@@](O)(COC)[C@](O)(COC)[C@@]1(O)COC. The summed E-state index contributed by atoms with van der Waals surface area (Å²) < 4.78 is 24.5. The highest BCUT2D eigenvalue weighted by Crippen LogP contribution is 2.44. The van der Waals surface area contributed by atoms with Crippen LogP contribution in [0.4, 0.5) is 0 Å². The number of esters is 1. The van der Waals surface area contributed by atoms with Gasteiger partial charge < -0.3 is 44.1 Å². The summed E-state index contributed by atoms with van der Waals surface area (Å²) in [4.78, 5) is 12.3.